The Morgan fingerprint density at radius 3 is 2.38 bits per heavy atom. The van der Waals surface area contributed by atoms with Crippen molar-refractivity contribution in [2.24, 2.45) is 0 Å². The van der Waals surface area contributed by atoms with Crippen molar-refractivity contribution in [1.29, 1.82) is 0 Å². The van der Waals surface area contributed by atoms with Crippen LogP contribution < -0.4 is 25.9 Å². The van der Waals surface area contributed by atoms with Gasteiger partial charge >= 0.3 is 0 Å². The third kappa shape index (κ3) is 4.91. The largest absolute Gasteiger partial charge is 0.493 e. The second-order valence-corrected chi connectivity index (χ2v) is 7.19. The second-order valence-electron chi connectivity index (χ2n) is 6.81. The van der Waals surface area contributed by atoms with Crippen LogP contribution in [0.5, 0.6) is 17.2 Å². The molecule has 0 amide bonds. The van der Waals surface area contributed by atoms with Crippen molar-refractivity contribution >= 4 is 17.3 Å². The van der Waals surface area contributed by atoms with E-state index in [-0.39, 0.29) is 10.8 Å². The summed E-state index contributed by atoms with van der Waals surface area (Å²) in [6.45, 7) is 0.557. The normalized spacial score (nSPS) is 10.6. The van der Waals surface area contributed by atoms with Crippen molar-refractivity contribution in [1.82, 2.24) is 15.2 Å². The fourth-order valence-electron chi connectivity index (χ4n) is 3.04. The number of hydrazine groups is 1. The van der Waals surface area contributed by atoms with Gasteiger partial charge in [-0.2, -0.15) is 9.78 Å². The van der Waals surface area contributed by atoms with Crippen molar-refractivity contribution < 1.29 is 9.47 Å². The number of methoxy groups -OCH3 is 1. The first kappa shape index (κ1) is 21.4. The van der Waals surface area contributed by atoms with Crippen LogP contribution in [0.25, 0.3) is 5.69 Å². The molecule has 162 valence electrons. The lowest BCUT2D eigenvalue weighted by molar-refractivity contribution is 0.377. The van der Waals surface area contributed by atoms with Crippen LogP contribution in [0.3, 0.4) is 0 Å². The van der Waals surface area contributed by atoms with Gasteiger partial charge in [0.25, 0.3) is 5.56 Å². The number of aromatic nitrogens is 2. The molecular weight excluding hydrogens is 428 g/mol. The van der Waals surface area contributed by atoms with E-state index < -0.39 is 5.56 Å². The molecule has 3 aromatic carbocycles. The van der Waals surface area contributed by atoms with Crippen molar-refractivity contribution in [2.45, 2.75) is 6.54 Å². The Hall–Kier alpha value is -3.81. The average Bonchev–Trinajstić information content (AvgIpc) is 2.84. The van der Waals surface area contributed by atoms with Crippen LogP contribution in [0.1, 0.15) is 5.56 Å². The molecule has 0 aliphatic carbocycles. The van der Waals surface area contributed by atoms with Gasteiger partial charge in [0.2, 0.25) is 0 Å². The molecule has 0 saturated carbocycles. The summed E-state index contributed by atoms with van der Waals surface area (Å²) in [4.78, 5) is 12.7. The highest BCUT2D eigenvalue weighted by Gasteiger charge is 2.15. The van der Waals surface area contributed by atoms with Gasteiger partial charge < -0.3 is 14.9 Å². The monoisotopic (exact) mass is 448 g/mol. The van der Waals surface area contributed by atoms with Crippen LogP contribution in [-0.2, 0) is 6.54 Å². The van der Waals surface area contributed by atoms with Gasteiger partial charge in [0.05, 0.1) is 19.0 Å². The molecular formula is C24H21ClN4O3. The standard InChI is InChI=1S/C24H21ClN4O3/c1-31-21-14-17(15-26-28-18-8-4-2-5-9-18)12-13-20(21)32-22-16-27-29(24(30)23(22)25)19-10-6-3-7-11-19/h2-14,16,26,28H,15H2,1H3. The van der Waals surface area contributed by atoms with E-state index in [0.29, 0.717) is 23.7 Å². The summed E-state index contributed by atoms with van der Waals surface area (Å²) in [5.41, 5.74) is 8.37. The predicted molar refractivity (Wildman–Crippen MR) is 125 cm³/mol. The van der Waals surface area contributed by atoms with Gasteiger partial charge in [-0.25, -0.2) is 5.43 Å². The van der Waals surface area contributed by atoms with E-state index in [4.69, 9.17) is 21.1 Å². The Kier molecular flexibility index (Phi) is 6.69. The van der Waals surface area contributed by atoms with E-state index in [2.05, 4.69) is 16.0 Å². The highest BCUT2D eigenvalue weighted by atomic mass is 35.5. The van der Waals surface area contributed by atoms with Gasteiger partial charge in [-0.3, -0.25) is 4.79 Å². The van der Waals surface area contributed by atoms with Crippen molar-refractivity contribution in [2.75, 3.05) is 12.5 Å². The third-order valence-corrected chi connectivity index (χ3v) is 4.98. The molecule has 8 heteroatoms. The number of ether oxygens (including phenoxy) is 2. The van der Waals surface area contributed by atoms with Crippen molar-refractivity contribution in [3.8, 4) is 22.9 Å². The molecule has 0 spiro atoms. The van der Waals surface area contributed by atoms with Crippen LogP contribution >= 0.6 is 11.6 Å². The average molecular weight is 449 g/mol. The van der Waals surface area contributed by atoms with Crippen molar-refractivity contribution in [3.63, 3.8) is 0 Å². The van der Waals surface area contributed by atoms with Gasteiger partial charge in [0.1, 0.15) is 0 Å². The van der Waals surface area contributed by atoms with Crippen LogP contribution in [0.2, 0.25) is 5.02 Å². The molecule has 0 aliphatic rings. The number of nitrogens with zero attached hydrogens (tertiary/aromatic N) is 2. The SMILES string of the molecule is COc1cc(CNNc2ccccc2)ccc1Oc1cnn(-c2ccccc2)c(=O)c1Cl. The molecule has 0 atom stereocenters. The molecule has 4 aromatic rings. The summed E-state index contributed by atoms with van der Waals surface area (Å²) in [5.74, 6) is 1.08. The molecule has 0 bridgehead atoms. The zero-order valence-corrected chi connectivity index (χ0v) is 18.0. The van der Waals surface area contributed by atoms with E-state index >= 15 is 0 Å². The maximum absolute atomic E-state index is 12.7. The van der Waals surface area contributed by atoms with E-state index in [0.717, 1.165) is 11.3 Å². The molecule has 7 nitrogen and oxygen atoms in total. The lowest BCUT2D eigenvalue weighted by Crippen LogP contribution is -2.21. The number of hydrogen-bond donors (Lipinski definition) is 2. The Balaban J connectivity index is 1.49. The number of halogens is 1. The van der Waals surface area contributed by atoms with Gasteiger partial charge in [-0.05, 0) is 42.0 Å². The van der Waals surface area contributed by atoms with E-state index in [1.165, 1.54) is 10.9 Å². The molecule has 0 radical (unpaired) electrons. The van der Waals surface area contributed by atoms with Gasteiger partial charge in [0, 0.05) is 12.2 Å². The fourth-order valence-corrected chi connectivity index (χ4v) is 3.20. The van der Waals surface area contributed by atoms with E-state index in [1.54, 1.807) is 25.3 Å². The number of hydrogen-bond acceptors (Lipinski definition) is 6. The molecule has 0 aliphatic heterocycles. The maximum atomic E-state index is 12.7. The van der Waals surface area contributed by atoms with Gasteiger partial charge in [-0.15, -0.1) is 0 Å². The summed E-state index contributed by atoms with van der Waals surface area (Å²) in [6.07, 6.45) is 1.41. The van der Waals surface area contributed by atoms with Gasteiger partial charge in [-0.1, -0.05) is 54.1 Å². The molecule has 4 rings (SSSR count). The molecule has 2 N–H and O–H groups in total. The molecule has 32 heavy (non-hydrogen) atoms. The molecule has 0 fully saturated rings. The Bertz CT molecular complexity index is 1250. The summed E-state index contributed by atoms with van der Waals surface area (Å²) >= 11 is 6.29. The van der Waals surface area contributed by atoms with Crippen LogP contribution in [0.4, 0.5) is 5.69 Å². The highest BCUT2D eigenvalue weighted by molar-refractivity contribution is 6.31. The minimum atomic E-state index is -0.470. The zero-order chi connectivity index (χ0) is 22.3. The quantitative estimate of drug-likeness (QED) is 0.377. The number of rotatable bonds is 8. The molecule has 0 unspecified atom stereocenters. The molecule has 1 aromatic heterocycles. The highest BCUT2D eigenvalue weighted by Crippen LogP contribution is 2.34. The zero-order valence-electron chi connectivity index (χ0n) is 17.3. The summed E-state index contributed by atoms with van der Waals surface area (Å²) < 4.78 is 12.6. The topological polar surface area (TPSA) is 77.4 Å². The summed E-state index contributed by atoms with van der Waals surface area (Å²) in [6, 6.07) is 24.3. The first-order valence-electron chi connectivity index (χ1n) is 9.87. The first-order valence-corrected chi connectivity index (χ1v) is 10.3. The molecule has 0 saturated heterocycles. The smallest absolute Gasteiger partial charge is 0.294 e. The van der Waals surface area contributed by atoms with Gasteiger partial charge in [0.15, 0.2) is 22.3 Å². The summed E-state index contributed by atoms with van der Waals surface area (Å²) in [7, 11) is 1.55. The number of para-hydroxylation sites is 2. The number of anilines is 1. The second kappa shape index (κ2) is 10.00. The predicted octanol–water partition coefficient (Wildman–Crippen LogP) is 4.80. The Labute approximate surface area is 190 Å². The van der Waals surface area contributed by atoms with Crippen LogP contribution in [-0.4, -0.2) is 16.9 Å². The molecule has 1 heterocycles. The number of benzene rings is 3. The van der Waals surface area contributed by atoms with Crippen LogP contribution in [0.15, 0.2) is 89.9 Å². The summed E-state index contributed by atoms with van der Waals surface area (Å²) in [5, 5.41) is 4.12. The lowest BCUT2D eigenvalue weighted by Gasteiger charge is -2.14. The van der Waals surface area contributed by atoms with E-state index in [1.807, 2.05) is 60.7 Å². The minimum Gasteiger partial charge on any atom is -0.493 e. The van der Waals surface area contributed by atoms with Crippen LogP contribution in [0, 0.1) is 0 Å². The Morgan fingerprint density at radius 1 is 0.938 bits per heavy atom. The minimum absolute atomic E-state index is 0.0660. The lowest BCUT2D eigenvalue weighted by atomic mass is 10.2. The number of nitrogens with one attached hydrogen (secondary N) is 2. The van der Waals surface area contributed by atoms with Crippen molar-refractivity contribution in [3.05, 3.63) is 106 Å². The van der Waals surface area contributed by atoms with E-state index in [9.17, 15) is 4.79 Å². The maximum Gasteiger partial charge on any atom is 0.294 e. The Morgan fingerprint density at radius 2 is 1.66 bits per heavy atom. The third-order valence-electron chi connectivity index (χ3n) is 4.63. The fraction of sp³-hybridized carbons (Fsp3) is 0.0833. The first-order chi connectivity index (χ1) is 15.7.